The number of esters is 1. The molecule has 0 aliphatic heterocycles. The van der Waals surface area contributed by atoms with Crippen molar-refractivity contribution in [3.63, 3.8) is 0 Å². The summed E-state index contributed by atoms with van der Waals surface area (Å²) in [6.07, 6.45) is 4.11. The van der Waals surface area contributed by atoms with Gasteiger partial charge in [-0.05, 0) is 17.2 Å². The summed E-state index contributed by atoms with van der Waals surface area (Å²) < 4.78 is 5.14. The molecule has 2 aromatic carbocycles. The molecule has 0 aliphatic carbocycles. The van der Waals surface area contributed by atoms with Crippen molar-refractivity contribution in [1.82, 2.24) is 0 Å². The molecule has 0 atom stereocenters. The molecule has 0 N–H and O–H groups in total. The lowest BCUT2D eigenvalue weighted by atomic mass is 10.2. The molecule has 0 fully saturated rings. The van der Waals surface area contributed by atoms with Gasteiger partial charge in [-0.15, -0.1) is 0 Å². The van der Waals surface area contributed by atoms with Crippen molar-refractivity contribution in [3.05, 3.63) is 77.9 Å². The van der Waals surface area contributed by atoms with Crippen LogP contribution in [0.2, 0.25) is 0 Å². The van der Waals surface area contributed by atoms with E-state index in [-0.39, 0.29) is 5.97 Å². The minimum absolute atomic E-state index is 0.205. The van der Waals surface area contributed by atoms with Crippen LogP contribution in [-0.4, -0.2) is 12.6 Å². The Morgan fingerprint density at radius 3 is 2.26 bits per heavy atom. The fraction of sp³-hybridized carbons (Fsp3) is 0.118. The van der Waals surface area contributed by atoms with Crippen molar-refractivity contribution in [2.75, 3.05) is 6.61 Å². The smallest absolute Gasteiger partial charge is 0.310 e. The van der Waals surface area contributed by atoms with Gasteiger partial charge in [0.25, 0.3) is 0 Å². The van der Waals surface area contributed by atoms with Gasteiger partial charge in [-0.1, -0.05) is 66.7 Å². The van der Waals surface area contributed by atoms with Gasteiger partial charge >= 0.3 is 5.97 Å². The zero-order valence-corrected chi connectivity index (χ0v) is 10.7. The highest BCUT2D eigenvalue weighted by molar-refractivity contribution is 5.72. The van der Waals surface area contributed by atoms with Crippen LogP contribution in [0.5, 0.6) is 0 Å². The fourth-order valence-corrected chi connectivity index (χ4v) is 1.70. The lowest BCUT2D eigenvalue weighted by molar-refractivity contribution is -0.141. The number of hydrogen-bond donors (Lipinski definition) is 0. The average Bonchev–Trinajstić information content (AvgIpc) is 2.46. The molecule has 0 bridgehead atoms. The maximum Gasteiger partial charge on any atom is 0.310 e. The minimum Gasteiger partial charge on any atom is -0.461 e. The molecule has 2 heteroatoms. The van der Waals surface area contributed by atoms with Gasteiger partial charge in [-0.3, -0.25) is 4.79 Å². The van der Waals surface area contributed by atoms with Crippen LogP contribution >= 0.6 is 0 Å². The normalized spacial score (nSPS) is 10.5. The lowest BCUT2D eigenvalue weighted by Gasteiger charge is -2.01. The predicted molar refractivity (Wildman–Crippen MR) is 76.6 cm³/mol. The zero-order valence-electron chi connectivity index (χ0n) is 10.7. The van der Waals surface area contributed by atoms with Crippen LogP contribution in [0, 0.1) is 0 Å². The van der Waals surface area contributed by atoms with Crippen molar-refractivity contribution in [2.24, 2.45) is 0 Å². The van der Waals surface area contributed by atoms with Crippen LogP contribution in [0.4, 0.5) is 0 Å². The topological polar surface area (TPSA) is 26.3 Å². The van der Waals surface area contributed by atoms with Crippen molar-refractivity contribution in [3.8, 4) is 0 Å². The van der Waals surface area contributed by atoms with Crippen LogP contribution in [0.1, 0.15) is 11.1 Å². The van der Waals surface area contributed by atoms with Crippen LogP contribution in [0.25, 0.3) is 6.08 Å². The van der Waals surface area contributed by atoms with Crippen molar-refractivity contribution in [2.45, 2.75) is 6.42 Å². The Morgan fingerprint density at radius 1 is 0.947 bits per heavy atom. The van der Waals surface area contributed by atoms with Crippen molar-refractivity contribution < 1.29 is 9.53 Å². The number of benzene rings is 2. The van der Waals surface area contributed by atoms with Gasteiger partial charge in [0, 0.05) is 0 Å². The van der Waals surface area contributed by atoms with Gasteiger partial charge in [-0.25, -0.2) is 0 Å². The van der Waals surface area contributed by atoms with Crippen LogP contribution in [0.15, 0.2) is 66.7 Å². The Labute approximate surface area is 113 Å². The molecule has 0 aliphatic rings. The molecule has 2 nitrogen and oxygen atoms in total. The second-order valence-electron chi connectivity index (χ2n) is 4.16. The van der Waals surface area contributed by atoms with E-state index < -0.39 is 0 Å². The highest BCUT2D eigenvalue weighted by Crippen LogP contribution is 2.02. The van der Waals surface area contributed by atoms with Crippen LogP contribution in [0.3, 0.4) is 0 Å². The first-order chi connectivity index (χ1) is 9.34. The second kappa shape index (κ2) is 7.17. The third-order valence-electron chi connectivity index (χ3n) is 2.64. The summed E-state index contributed by atoms with van der Waals surface area (Å²) in [5.41, 5.74) is 2.07. The predicted octanol–water partition coefficient (Wildman–Crippen LogP) is 3.49. The van der Waals surface area contributed by atoms with Gasteiger partial charge < -0.3 is 4.74 Å². The molecule has 19 heavy (non-hydrogen) atoms. The lowest BCUT2D eigenvalue weighted by Crippen LogP contribution is -2.07. The van der Waals surface area contributed by atoms with Crippen LogP contribution < -0.4 is 0 Å². The summed E-state index contributed by atoms with van der Waals surface area (Å²) in [4.78, 5) is 11.6. The van der Waals surface area contributed by atoms with E-state index >= 15 is 0 Å². The summed E-state index contributed by atoms with van der Waals surface area (Å²) >= 11 is 0. The third-order valence-corrected chi connectivity index (χ3v) is 2.64. The number of carbonyl (C=O) groups excluding carboxylic acids is 1. The van der Waals surface area contributed by atoms with Gasteiger partial charge in [0.15, 0.2) is 0 Å². The van der Waals surface area contributed by atoms with Gasteiger partial charge in [0.2, 0.25) is 0 Å². The monoisotopic (exact) mass is 252 g/mol. The molecular formula is C17H16O2. The standard InChI is InChI=1S/C17H16O2/c18-17(14-16-10-5-2-6-11-16)19-13-7-12-15-8-3-1-4-9-15/h1-12H,13-14H2. The van der Waals surface area contributed by atoms with E-state index in [1.54, 1.807) is 0 Å². The van der Waals surface area contributed by atoms with E-state index in [0.29, 0.717) is 13.0 Å². The molecule has 0 unspecified atom stereocenters. The van der Waals surface area contributed by atoms with Gasteiger partial charge in [0.1, 0.15) is 6.61 Å². The summed E-state index contributed by atoms with van der Waals surface area (Å²) in [5, 5.41) is 0. The second-order valence-corrected chi connectivity index (χ2v) is 4.16. The molecule has 0 radical (unpaired) electrons. The molecule has 2 aromatic rings. The first-order valence-corrected chi connectivity index (χ1v) is 6.26. The minimum atomic E-state index is -0.205. The Hall–Kier alpha value is -2.35. The summed E-state index contributed by atoms with van der Waals surface area (Å²) in [6, 6.07) is 19.5. The first kappa shape index (κ1) is 13.1. The fourth-order valence-electron chi connectivity index (χ4n) is 1.70. The molecule has 96 valence electrons. The highest BCUT2D eigenvalue weighted by Gasteiger charge is 2.02. The van der Waals surface area contributed by atoms with E-state index in [4.69, 9.17) is 4.74 Å². The SMILES string of the molecule is O=C(Cc1ccccc1)OCC=Cc1ccccc1. The quantitative estimate of drug-likeness (QED) is 0.761. The molecule has 2 rings (SSSR count). The average molecular weight is 252 g/mol. The molecule has 0 spiro atoms. The number of hydrogen-bond acceptors (Lipinski definition) is 2. The number of carbonyl (C=O) groups is 1. The Bertz CT molecular complexity index is 530. The van der Waals surface area contributed by atoms with Gasteiger partial charge in [-0.2, -0.15) is 0 Å². The Balaban J connectivity index is 1.74. The van der Waals surface area contributed by atoms with Crippen LogP contribution in [-0.2, 0) is 16.0 Å². The Morgan fingerprint density at radius 2 is 1.58 bits per heavy atom. The maximum absolute atomic E-state index is 11.6. The molecule has 0 saturated heterocycles. The first-order valence-electron chi connectivity index (χ1n) is 6.26. The Kier molecular flexibility index (Phi) is 4.94. The highest BCUT2D eigenvalue weighted by atomic mass is 16.5. The zero-order chi connectivity index (χ0) is 13.3. The number of rotatable bonds is 5. The molecule has 0 saturated carbocycles. The van der Waals surface area contributed by atoms with Crippen molar-refractivity contribution >= 4 is 12.0 Å². The number of ether oxygens (including phenoxy) is 1. The van der Waals surface area contributed by atoms with E-state index in [0.717, 1.165) is 11.1 Å². The van der Waals surface area contributed by atoms with E-state index in [2.05, 4.69) is 0 Å². The van der Waals surface area contributed by atoms with Gasteiger partial charge in [0.05, 0.1) is 6.42 Å². The van der Waals surface area contributed by atoms with E-state index in [1.165, 1.54) is 0 Å². The van der Waals surface area contributed by atoms with E-state index in [1.807, 2.05) is 72.8 Å². The summed E-state index contributed by atoms with van der Waals surface area (Å²) in [7, 11) is 0. The largest absolute Gasteiger partial charge is 0.461 e. The summed E-state index contributed by atoms with van der Waals surface area (Å²) in [5.74, 6) is -0.205. The molecule has 0 heterocycles. The van der Waals surface area contributed by atoms with Crippen molar-refractivity contribution in [1.29, 1.82) is 0 Å². The maximum atomic E-state index is 11.6. The molecule has 0 amide bonds. The molecular weight excluding hydrogens is 236 g/mol. The molecule has 0 aromatic heterocycles. The van der Waals surface area contributed by atoms with E-state index in [9.17, 15) is 4.79 Å². The summed E-state index contributed by atoms with van der Waals surface area (Å²) in [6.45, 7) is 0.306. The third kappa shape index (κ3) is 4.80.